The highest BCUT2D eigenvalue weighted by atomic mass is 35.5. The van der Waals surface area contributed by atoms with Gasteiger partial charge >= 0.3 is 0 Å². The van der Waals surface area contributed by atoms with Crippen LogP contribution in [0.2, 0.25) is 5.02 Å². The van der Waals surface area contributed by atoms with Gasteiger partial charge in [0, 0.05) is 23.7 Å². The minimum absolute atomic E-state index is 0.0231. The summed E-state index contributed by atoms with van der Waals surface area (Å²) in [5.41, 5.74) is 1.84. The van der Waals surface area contributed by atoms with E-state index in [4.69, 9.17) is 16.1 Å². The number of halogens is 2. The number of carbonyl (C=O) groups is 1. The van der Waals surface area contributed by atoms with E-state index in [0.29, 0.717) is 29.8 Å². The fourth-order valence-corrected chi connectivity index (χ4v) is 3.74. The average molecular weight is 429 g/mol. The van der Waals surface area contributed by atoms with Crippen molar-refractivity contribution in [3.05, 3.63) is 70.8 Å². The van der Waals surface area contributed by atoms with Crippen LogP contribution in [0.4, 0.5) is 4.39 Å². The Labute approximate surface area is 179 Å². The molecule has 2 heterocycles. The van der Waals surface area contributed by atoms with Gasteiger partial charge in [0.2, 0.25) is 17.6 Å². The van der Waals surface area contributed by atoms with Crippen molar-refractivity contribution in [2.24, 2.45) is 5.92 Å². The fourth-order valence-electron chi connectivity index (χ4n) is 3.61. The minimum Gasteiger partial charge on any atom is -0.347 e. The molecule has 1 N–H and O–H groups in total. The van der Waals surface area contributed by atoms with Crippen LogP contribution in [0.3, 0.4) is 0 Å². The normalized spacial score (nSPS) is 17.1. The minimum atomic E-state index is -0.241. The molecule has 4 rings (SSSR count). The number of hydrogen-bond acceptors (Lipinski definition) is 5. The molecule has 0 bridgehead atoms. The number of piperidine rings is 1. The Morgan fingerprint density at radius 1 is 1.20 bits per heavy atom. The van der Waals surface area contributed by atoms with Crippen LogP contribution in [0, 0.1) is 11.7 Å². The monoisotopic (exact) mass is 428 g/mol. The van der Waals surface area contributed by atoms with E-state index >= 15 is 0 Å². The lowest BCUT2D eigenvalue weighted by molar-refractivity contribution is -0.127. The summed E-state index contributed by atoms with van der Waals surface area (Å²) in [6.45, 7) is 2.49. The smallest absolute Gasteiger partial charge is 0.246 e. The van der Waals surface area contributed by atoms with E-state index < -0.39 is 0 Å². The third kappa shape index (κ3) is 5.23. The van der Waals surface area contributed by atoms with Crippen LogP contribution >= 0.6 is 11.6 Å². The first-order chi connectivity index (χ1) is 14.6. The van der Waals surface area contributed by atoms with Crippen molar-refractivity contribution >= 4 is 17.5 Å². The SMILES string of the molecule is O=C(NCc1nc(-c2ccc(Cl)cc2)no1)[C@@H]1CCCN(Cc2ccc(F)cc2)C1. The van der Waals surface area contributed by atoms with Crippen molar-refractivity contribution in [3.63, 3.8) is 0 Å². The zero-order chi connectivity index (χ0) is 20.9. The predicted molar refractivity (Wildman–Crippen MR) is 111 cm³/mol. The highest BCUT2D eigenvalue weighted by molar-refractivity contribution is 6.30. The van der Waals surface area contributed by atoms with Crippen LogP contribution < -0.4 is 5.32 Å². The van der Waals surface area contributed by atoms with Crippen molar-refractivity contribution in [2.45, 2.75) is 25.9 Å². The maximum absolute atomic E-state index is 13.1. The molecule has 0 unspecified atom stereocenters. The van der Waals surface area contributed by atoms with Gasteiger partial charge in [0.15, 0.2) is 0 Å². The summed E-state index contributed by atoms with van der Waals surface area (Å²) in [5, 5.41) is 7.49. The van der Waals surface area contributed by atoms with Gasteiger partial charge in [-0.05, 0) is 61.3 Å². The molecular formula is C22H22ClFN4O2. The van der Waals surface area contributed by atoms with Crippen LogP contribution in [-0.2, 0) is 17.9 Å². The Morgan fingerprint density at radius 2 is 1.97 bits per heavy atom. The first-order valence-corrected chi connectivity index (χ1v) is 10.3. The number of rotatable bonds is 6. The lowest BCUT2D eigenvalue weighted by atomic mass is 9.96. The number of amides is 1. The van der Waals surface area contributed by atoms with Crippen molar-refractivity contribution in [2.75, 3.05) is 13.1 Å². The van der Waals surface area contributed by atoms with Gasteiger partial charge in [-0.2, -0.15) is 4.98 Å². The van der Waals surface area contributed by atoms with Gasteiger partial charge in [-0.1, -0.05) is 28.9 Å². The number of nitrogens with zero attached hydrogens (tertiary/aromatic N) is 3. The Bertz CT molecular complexity index is 991. The zero-order valence-corrected chi connectivity index (χ0v) is 17.1. The summed E-state index contributed by atoms with van der Waals surface area (Å²) in [5.74, 6) is 0.448. The van der Waals surface area contributed by atoms with E-state index in [1.165, 1.54) is 12.1 Å². The molecule has 1 fully saturated rings. The van der Waals surface area contributed by atoms with Crippen molar-refractivity contribution in [1.29, 1.82) is 0 Å². The second kappa shape index (κ2) is 9.36. The summed E-state index contributed by atoms with van der Waals surface area (Å²) in [6, 6.07) is 13.6. The molecule has 1 atom stereocenters. The molecule has 3 aromatic rings. The number of nitrogens with one attached hydrogen (secondary N) is 1. The molecule has 1 aliphatic heterocycles. The summed E-state index contributed by atoms with van der Waals surface area (Å²) in [7, 11) is 0. The van der Waals surface area contributed by atoms with Crippen molar-refractivity contribution in [1.82, 2.24) is 20.4 Å². The second-order valence-electron chi connectivity index (χ2n) is 7.44. The van der Waals surface area contributed by atoms with E-state index in [1.54, 1.807) is 24.3 Å². The number of hydrogen-bond donors (Lipinski definition) is 1. The molecule has 1 aromatic heterocycles. The van der Waals surface area contributed by atoms with Crippen LogP contribution in [0.5, 0.6) is 0 Å². The topological polar surface area (TPSA) is 71.3 Å². The van der Waals surface area contributed by atoms with Gasteiger partial charge in [0.25, 0.3) is 0 Å². The molecule has 8 heteroatoms. The molecule has 6 nitrogen and oxygen atoms in total. The number of carbonyl (C=O) groups excluding carboxylic acids is 1. The Balaban J connectivity index is 1.29. The lowest BCUT2D eigenvalue weighted by Crippen LogP contribution is -2.42. The molecule has 0 saturated carbocycles. The summed E-state index contributed by atoms with van der Waals surface area (Å²) in [6.07, 6.45) is 1.78. The maximum atomic E-state index is 13.1. The van der Waals surface area contributed by atoms with Crippen LogP contribution in [0.1, 0.15) is 24.3 Å². The molecule has 1 aliphatic rings. The van der Waals surface area contributed by atoms with E-state index in [1.807, 2.05) is 12.1 Å². The second-order valence-corrected chi connectivity index (χ2v) is 7.87. The molecule has 1 saturated heterocycles. The highest BCUT2D eigenvalue weighted by Gasteiger charge is 2.26. The van der Waals surface area contributed by atoms with E-state index in [0.717, 1.165) is 30.5 Å². The summed E-state index contributed by atoms with van der Waals surface area (Å²) >= 11 is 5.89. The van der Waals surface area contributed by atoms with E-state index in [9.17, 15) is 9.18 Å². The van der Waals surface area contributed by atoms with Gasteiger partial charge in [-0.3, -0.25) is 9.69 Å². The van der Waals surface area contributed by atoms with Crippen molar-refractivity contribution < 1.29 is 13.7 Å². The third-order valence-corrected chi connectivity index (χ3v) is 5.43. The van der Waals surface area contributed by atoms with Crippen LogP contribution in [0.25, 0.3) is 11.4 Å². The number of likely N-dealkylation sites (tertiary alicyclic amines) is 1. The fraction of sp³-hybridized carbons (Fsp3) is 0.318. The quantitative estimate of drug-likeness (QED) is 0.641. The summed E-state index contributed by atoms with van der Waals surface area (Å²) < 4.78 is 18.3. The summed E-state index contributed by atoms with van der Waals surface area (Å²) in [4.78, 5) is 19.2. The Hall–Kier alpha value is -2.77. The molecule has 0 spiro atoms. The number of benzene rings is 2. The van der Waals surface area contributed by atoms with Gasteiger partial charge in [0.1, 0.15) is 5.82 Å². The third-order valence-electron chi connectivity index (χ3n) is 5.18. The van der Waals surface area contributed by atoms with Crippen molar-refractivity contribution in [3.8, 4) is 11.4 Å². The van der Waals surface area contributed by atoms with E-state index in [-0.39, 0.29) is 24.2 Å². The first kappa shape index (κ1) is 20.5. The van der Waals surface area contributed by atoms with E-state index in [2.05, 4.69) is 20.4 Å². The largest absolute Gasteiger partial charge is 0.347 e. The van der Waals surface area contributed by atoms with Gasteiger partial charge in [0.05, 0.1) is 12.5 Å². The molecule has 0 aliphatic carbocycles. The molecule has 1 amide bonds. The van der Waals surface area contributed by atoms with Gasteiger partial charge in [-0.25, -0.2) is 4.39 Å². The van der Waals surface area contributed by atoms with Crippen LogP contribution in [0.15, 0.2) is 53.1 Å². The molecule has 156 valence electrons. The molecule has 0 radical (unpaired) electrons. The first-order valence-electron chi connectivity index (χ1n) is 9.90. The van der Waals surface area contributed by atoms with Gasteiger partial charge < -0.3 is 9.84 Å². The van der Waals surface area contributed by atoms with Gasteiger partial charge in [-0.15, -0.1) is 0 Å². The zero-order valence-electron chi connectivity index (χ0n) is 16.4. The molecular weight excluding hydrogens is 407 g/mol. The highest BCUT2D eigenvalue weighted by Crippen LogP contribution is 2.20. The maximum Gasteiger partial charge on any atom is 0.246 e. The molecule has 30 heavy (non-hydrogen) atoms. The average Bonchev–Trinajstić information content (AvgIpc) is 3.23. The predicted octanol–water partition coefficient (Wildman–Crippen LogP) is 4.06. The Kier molecular flexibility index (Phi) is 6.40. The lowest BCUT2D eigenvalue weighted by Gasteiger charge is -2.31. The van der Waals surface area contributed by atoms with Crippen LogP contribution in [-0.4, -0.2) is 34.0 Å². The standard InChI is InChI=1S/C22H22ClFN4O2/c23-18-7-5-16(6-8-18)21-26-20(30-27-21)12-25-22(29)17-2-1-11-28(14-17)13-15-3-9-19(24)10-4-15/h3-10,17H,1-2,11-14H2,(H,25,29)/t17-/m1/s1. The molecule has 2 aromatic carbocycles. The number of aromatic nitrogens is 2. The Morgan fingerprint density at radius 3 is 2.73 bits per heavy atom.